The Morgan fingerprint density at radius 1 is 0.371 bits per heavy atom. The molecule has 188 valence electrons. The Bertz CT molecular complexity index is 908. The third-order valence-corrected chi connectivity index (χ3v) is 10.6. The second kappa shape index (κ2) is 12.7. The summed E-state index contributed by atoms with van der Waals surface area (Å²) in [5.74, 6) is 0. The van der Waals surface area contributed by atoms with Gasteiger partial charge in [-0.05, 0) is 107 Å². The standard InChI is InChI=1S/C33H46OSi/c1-7-25-13-26(8-2)17-31(16-25)22-35(34,23-32-18-27(9-3)14-28(10-4)19-32)24-33-20-29(11-5)15-30(12-6)21-33/h13-21,34H,7-12,22-24H2,1-6H3. The van der Waals surface area contributed by atoms with E-state index in [9.17, 15) is 4.80 Å². The van der Waals surface area contributed by atoms with Gasteiger partial charge in [0.05, 0.1) is 0 Å². The molecule has 35 heavy (non-hydrogen) atoms. The van der Waals surface area contributed by atoms with Gasteiger partial charge in [-0.3, -0.25) is 0 Å². The molecule has 0 atom stereocenters. The third kappa shape index (κ3) is 7.66. The van der Waals surface area contributed by atoms with Crippen molar-refractivity contribution >= 4 is 8.32 Å². The van der Waals surface area contributed by atoms with Gasteiger partial charge < -0.3 is 4.80 Å². The number of hydrogen-bond acceptors (Lipinski definition) is 1. The van der Waals surface area contributed by atoms with Gasteiger partial charge in [-0.25, -0.2) is 0 Å². The fourth-order valence-electron chi connectivity index (χ4n) is 5.38. The maximum Gasteiger partial charge on any atom is 0.201 e. The normalized spacial score (nSPS) is 11.7. The zero-order valence-corrected chi connectivity index (χ0v) is 24.0. The molecule has 0 fully saturated rings. The summed E-state index contributed by atoms with van der Waals surface area (Å²) < 4.78 is 0. The summed E-state index contributed by atoms with van der Waals surface area (Å²) >= 11 is 0. The first kappa shape index (κ1) is 27.4. The first-order valence-electron chi connectivity index (χ1n) is 13.9. The zero-order chi connectivity index (χ0) is 25.4. The van der Waals surface area contributed by atoms with Crippen molar-refractivity contribution in [1.29, 1.82) is 0 Å². The van der Waals surface area contributed by atoms with Crippen molar-refractivity contribution in [2.75, 3.05) is 0 Å². The van der Waals surface area contributed by atoms with Crippen LogP contribution in [0.15, 0.2) is 54.6 Å². The number of rotatable bonds is 12. The van der Waals surface area contributed by atoms with Crippen LogP contribution in [0.2, 0.25) is 0 Å². The highest BCUT2D eigenvalue weighted by molar-refractivity contribution is 6.70. The van der Waals surface area contributed by atoms with Crippen molar-refractivity contribution in [3.05, 3.63) is 105 Å². The van der Waals surface area contributed by atoms with E-state index in [1.165, 1.54) is 50.1 Å². The van der Waals surface area contributed by atoms with Crippen molar-refractivity contribution in [2.45, 2.75) is 98.2 Å². The van der Waals surface area contributed by atoms with Gasteiger partial charge in [0, 0.05) is 0 Å². The Hall–Kier alpha value is -2.16. The van der Waals surface area contributed by atoms with Crippen molar-refractivity contribution in [3.63, 3.8) is 0 Å². The van der Waals surface area contributed by atoms with Gasteiger partial charge in [-0.15, -0.1) is 0 Å². The molecule has 3 aromatic rings. The molecule has 1 N–H and O–H groups in total. The van der Waals surface area contributed by atoms with Crippen LogP contribution in [-0.4, -0.2) is 13.1 Å². The van der Waals surface area contributed by atoms with Crippen LogP contribution in [0.3, 0.4) is 0 Å². The van der Waals surface area contributed by atoms with Gasteiger partial charge in [0.25, 0.3) is 0 Å². The average Bonchev–Trinajstić information content (AvgIpc) is 2.87. The van der Waals surface area contributed by atoms with Gasteiger partial charge in [-0.2, -0.15) is 0 Å². The minimum absolute atomic E-state index is 0.809. The van der Waals surface area contributed by atoms with E-state index in [1.54, 1.807) is 0 Å². The molecule has 0 saturated heterocycles. The monoisotopic (exact) mass is 486 g/mol. The minimum atomic E-state index is -2.69. The van der Waals surface area contributed by atoms with E-state index in [2.05, 4.69) is 96.1 Å². The molecule has 0 spiro atoms. The van der Waals surface area contributed by atoms with Crippen molar-refractivity contribution in [3.8, 4) is 0 Å². The molecule has 0 amide bonds. The molecule has 0 radical (unpaired) electrons. The van der Waals surface area contributed by atoms with Crippen LogP contribution in [0.4, 0.5) is 0 Å². The quantitative estimate of drug-likeness (QED) is 0.261. The predicted molar refractivity (Wildman–Crippen MR) is 155 cm³/mol. The number of aryl methyl sites for hydroxylation is 6. The molecule has 0 aliphatic rings. The fraction of sp³-hybridized carbons (Fsp3) is 0.455. The molecular formula is C33H46OSi. The van der Waals surface area contributed by atoms with Crippen molar-refractivity contribution < 1.29 is 4.80 Å². The van der Waals surface area contributed by atoms with E-state index in [-0.39, 0.29) is 0 Å². The van der Waals surface area contributed by atoms with Gasteiger partial charge in [0.2, 0.25) is 8.32 Å². The summed E-state index contributed by atoms with van der Waals surface area (Å²) in [6.45, 7) is 13.4. The largest absolute Gasteiger partial charge is 0.431 e. The van der Waals surface area contributed by atoms with Gasteiger partial charge in [0.1, 0.15) is 0 Å². The number of hydrogen-bond donors (Lipinski definition) is 1. The molecule has 0 heterocycles. The maximum atomic E-state index is 12.5. The topological polar surface area (TPSA) is 20.2 Å². The molecule has 3 rings (SSSR count). The van der Waals surface area contributed by atoms with E-state index >= 15 is 0 Å². The summed E-state index contributed by atoms with van der Waals surface area (Å²) in [7, 11) is -2.69. The Balaban J connectivity index is 2.04. The highest BCUT2D eigenvalue weighted by Crippen LogP contribution is 2.25. The molecule has 1 nitrogen and oxygen atoms in total. The molecule has 3 aromatic carbocycles. The van der Waals surface area contributed by atoms with Gasteiger partial charge in [-0.1, -0.05) is 96.1 Å². The van der Waals surface area contributed by atoms with Crippen LogP contribution in [0.1, 0.15) is 91.6 Å². The maximum absolute atomic E-state index is 12.5. The van der Waals surface area contributed by atoms with Crippen LogP contribution in [0.25, 0.3) is 0 Å². The summed E-state index contributed by atoms with van der Waals surface area (Å²) in [4.78, 5) is 12.5. The summed E-state index contributed by atoms with van der Waals surface area (Å²) in [5.41, 5.74) is 12.3. The number of benzene rings is 3. The first-order chi connectivity index (χ1) is 16.8. The molecule has 0 saturated carbocycles. The van der Waals surface area contributed by atoms with E-state index in [4.69, 9.17) is 0 Å². The lowest BCUT2D eigenvalue weighted by Crippen LogP contribution is -2.44. The SMILES string of the molecule is CCc1cc(CC)cc(C[Si](O)(Cc2cc(CC)cc(CC)c2)Cc2cc(CC)cc(CC)c2)c1. The molecule has 0 bridgehead atoms. The molecular weight excluding hydrogens is 440 g/mol. The first-order valence-corrected chi connectivity index (χ1v) is 16.5. The summed E-state index contributed by atoms with van der Waals surface area (Å²) in [5, 5.41) is 0. The van der Waals surface area contributed by atoms with Crippen molar-refractivity contribution in [1.82, 2.24) is 0 Å². The Kier molecular flexibility index (Phi) is 9.95. The van der Waals surface area contributed by atoms with E-state index < -0.39 is 8.32 Å². The van der Waals surface area contributed by atoms with E-state index in [0.717, 1.165) is 56.7 Å². The summed E-state index contributed by atoms with van der Waals surface area (Å²) in [6.07, 6.45) is 6.24. The van der Waals surface area contributed by atoms with Crippen LogP contribution in [0.5, 0.6) is 0 Å². The zero-order valence-electron chi connectivity index (χ0n) is 23.0. The van der Waals surface area contributed by atoms with Gasteiger partial charge >= 0.3 is 0 Å². The van der Waals surface area contributed by atoms with E-state index in [1.807, 2.05) is 0 Å². The third-order valence-electron chi connectivity index (χ3n) is 7.39. The average molecular weight is 487 g/mol. The van der Waals surface area contributed by atoms with Crippen LogP contribution >= 0.6 is 0 Å². The molecule has 2 heteroatoms. The minimum Gasteiger partial charge on any atom is -0.431 e. The fourth-order valence-corrected chi connectivity index (χ4v) is 8.64. The Morgan fingerprint density at radius 3 is 0.714 bits per heavy atom. The molecule has 0 aromatic heterocycles. The highest BCUT2D eigenvalue weighted by Gasteiger charge is 2.33. The predicted octanol–water partition coefficient (Wildman–Crippen LogP) is 7.64. The Labute approximate surface area is 215 Å². The Morgan fingerprint density at radius 2 is 0.543 bits per heavy atom. The second-order valence-corrected chi connectivity index (χ2v) is 13.9. The van der Waals surface area contributed by atoms with Crippen LogP contribution < -0.4 is 0 Å². The lowest BCUT2D eigenvalue weighted by atomic mass is 10.0. The van der Waals surface area contributed by atoms with Gasteiger partial charge in [0.15, 0.2) is 0 Å². The summed E-state index contributed by atoms with van der Waals surface area (Å²) in [6, 6.07) is 23.5. The van der Waals surface area contributed by atoms with Crippen molar-refractivity contribution in [2.24, 2.45) is 0 Å². The molecule has 0 aliphatic heterocycles. The van der Waals surface area contributed by atoms with E-state index in [0.29, 0.717) is 0 Å². The lowest BCUT2D eigenvalue weighted by Gasteiger charge is -2.27. The highest BCUT2D eigenvalue weighted by atomic mass is 28.4. The van der Waals surface area contributed by atoms with Crippen LogP contribution in [0, 0.1) is 0 Å². The molecule has 0 aliphatic carbocycles. The lowest BCUT2D eigenvalue weighted by molar-refractivity contribution is 0.522. The molecule has 0 unspecified atom stereocenters. The smallest absolute Gasteiger partial charge is 0.201 e. The van der Waals surface area contributed by atoms with Crippen LogP contribution in [-0.2, 0) is 56.7 Å². The second-order valence-electron chi connectivity index (χ2n) is 10.3.